The standard InChI is InChI=1S/C14H18N4O.ClH/c1-2-5-12(6-3-1)14-16-13(17-19-14)11-18-9-4-7-15-8-10-18;/h1-3,5-6,15H,4,7-11H2;1H. The molecule has 2 aromatic rings. The molecule has 0 amide bonds. The molecule has 1 saturated heterocycles. The molecule has 1 aromatic carbocycles. The van der Waals surface area contributed by atoms with Crippen molar-refractivity contribution < 1.29 is 4.52 Å². The van der Waals surface area contributed by atoms with Gasteiger partial charge in [0.2, 0.25) is 0 Å². The van der Waals surface area contributed by atoms with Crippen molar-refractivity contribution in [3.05, 3.63) is 36.2 Å². The molecule has 1 aromatic heterocycles. The molecule has 108 valence electrons. The number of benzene rings is 1. The van der Waals surface area contributed by atoms with E-state index in [2.05, 4.69) is 20.4 Å². The van der Waals surface area contributed by atoms with Crippen LogP contribution in [-0.2, 0) is 6.54 Å². The molecule has 2 heterocycles. The highest BCUT2D eigenvalue weighted by atomic mass is 35.5. The minimum Gasteiger partial charge on any atom is -0.334 e. The monoisotopic (exact) mass is 294 g/mol. The molecule has 1 N–H and O–H groups in total. The molecule has 0 atom stereocenters. The second kappa shape index (κ2) is 7.38. The molecule has 0 spiro atoms. The first kappa shape index (κ1) is 15.0. The molecule has 0 aliphatic carbocycles. The Morgan fingerprint density at radius 2 is 2.00 bits per heavy atom. The van der Waals surface area contributed by atoms with E-state index in [1.54, 1.807) is 0 Å². The summed E-state index contributed by atoms with van der Waals surface area (Å²) in [6, 6.07) is 9.88. The van der Waals surface area contributed by atoms with Gasteiger partial charge in [-0.25, -0.2) is 0 Å². The highest BCUT2D eigenvalue weighted by molar-refractivity contribution is 5.85. The Morgan fingerprint density at radius 1 is 1.15 bits per heavy atom. The van der Waals surface area contributed by atoms with Gasteiger partial charge in [-0.15, -0.1) is 12.4 Å². The molecule has 6 heteroatoms. The highest BCUT2D eigenvalue weighted by Crippen LogP contribution is 2.16. The number of rotatable bonds is 3. The topological polar surface area (TPSA) is 54.2 Å². The van der Waals surface area contributed by atoms with Crippen molar-refractivity contribution >= 4 is 12.4 Å². The van der Waals surface area contributed by atoms with Gasteiger partial charge in [-0.1, -0.05) is 23.4 Å². The van der Waals surface area contributed by atoms with Crippen molar-refractivity contribution in [3.63, 3.8) is 0 Å². The number of aromatic nitrogens is 2. The molecule has 1 aliphatic rings. The summed E-state index contributed by atoms with van der Waals surface area (Å²) in [5.41, 5.74) is 0.971. The average Bonchev–Trinajstić information content (AvgIpc) is 2.76. The maximum absolute atomic E-state index is 5.32. The lowest BCUT2D eigenvalue weighted by molar-refractivity contribution is 0.271. The van der Waals surface area contributed by atoms with Crippen LogP contribution in [0.3, 0.4) is 0 Å². The van der Waals surface area contributed by atoms with E-state index in [0.29, 0.717) is 5.89 Å². The highest BCUT2D eigenvalue weighted by Gasteiger charge is 2.13. The molecule has 0 bridgehead atoms. The zero-order valence-corrected chi connectivity index (χ0v) is 12.1. The zero-order chi connectivity index (χ0) is 12.9. The number of hydrogen-bond acceptors (Lipinski definition) is 5. The van der Waals surface area contributed by atoms with Crippen molar-refractivity contribution in [1.82, 2.24) is 20.4 Å². The van der Waals surface area contributed by atoms with Crippen LogP contribution >= 0.6 is 12.4 Å². The summed E-state index contributed by atoms with van der Waals surface area (Å²) in [5, 5.41) is 7.46. The van der Waals surface area contributed by atoms with Gasteiger partial charge in [0.15, 0.2) is 5.82 Å². The number of hydrogen-bond donors (Lipinski definition) is 1. The van der Waals surface area contributed by atoms with E-state index in [-0.39, 0.29) is 12.4 Å². The lowest BCUT2D eigenvalue weighted by Gasteiger charge is -2.16. The van der Waals surface area contributed by atoms with Gasteiger partial charge >= 0.3 is 0 Å². The van der Waals surface area contributed by atoms with E-state index >= 15 is 0 Å². The van der Waals surface area contributed by atoms with Crippen molar-refractivity contribution in [2.75, 3.05) is 26.2 Å². The largest absolute Gasteiger partial charge is 0.334 e. The SMILES string of the molecule is Cl.c1ccc(-c2nc(CN3CCCNCC3)no2)cc1. The summed E-state index contributed by atoms with van der Waals surface area (Å²) in [4.78, 5) is 6.83. The third kappa shape index (κ3) is 3.79. The Balaban J connectivity index is 0.00000147. The van der Waals surface area contributed by atoms with Crippen LogP contribution in [-0.4, -0.2) is 41.2 Å². The Bertz CT molecular complexity index is 509. The first-order valence-electron chi connectivity index (χ1n) is 6.73. The molecular formula is C14H19ClN4O. The minimum atomic E-state index is 0. The summed E-state index contributed by atoms with van der Waals surface area (Å²) < 4.78 is 5.32. The molecule has 0 unspecified atom stereocenters. The quantitative estimate of drug-likeness (QED) is 0.938. The van der Waals surface area contributed by atoms with E-state index in [4.69, 9.17) is 4.52 Å². The van der Waals surface area contributed by atoms with Gasteiger partial charge in [0.05, 0.1) is 6.54 Å². The van der Waals surface area contributed by atoms with Gasteiger partial charge in [0, 0.05) is 18.7 Å². The number of nitrogens with one attached hydrogen (secondary N) is 1. The third-order valence-corrected chi connectivity index (χ3v) is 3.29. The van der Waals surface area contributed by atoms with Gasteiger partial charge in [0.1, 0.15) is 0 Å². The van der Waals surface area contributed by atoms with Crippen molar-refractivity contribution in [3.8, 4) is 11.5 Å². The van der Waals surface area contributed by atoms with Crippen molar-refractivity contribution in [1.29, 1.82) is 0 Å². The molecule has 0 radical (unpaired) electrons. The van der Waals surface area contributed by atoms with E-state index in [0.717, 1.165) is 44.1 Å². The summed E-state index contributed by atoms with van der Waals surface area (Å²) in [5.74, 6) is 1.37. The fourth-order valence-electron chi connectivity index (χ4n) is 2.28. The predicted molar refractivity (Wildman–Crippen MR) is 79.7 cm³/mol. The summed E-state index contributed by atoms with van der Waals surface area (Å²) in [7, 11) is 0. The zero-order valence-electron chi connectivity index (χ0n) is 11.3. The maximum atomic E-state index is 5.32. The normalized spacial score (nSPS) is 16.4. The molecule has 1 aliphatic heterocycles. The third-order valence-electron chi connectivity index (χ3n) is 3.29. The molecular weight excluding hydrogens is 276 g/mol. The Hall–Kier alpha value is -1.43. The van der Waals surface area contributed by atoms with Crippen LogP contribution in [0.15, 0.2) is 34.9 Å². The van der Waals surface area contributed by atoms with E-state index < -0.39 is 0 Å². The van der Waals surface area contributed by atoms with Crippen molar-refractivity contribution in [2.24, 2.45) is 0 Å². The van der Waals surface area contributed by atoms with Crippen LogP contribution in [0.25, 0.3) is 11.5 Å². The Labute approximate surface area is 124 Å². The summed E-state index contributed by atoms with van der Waals surface area (Å²) >= 11 is 0. The lowest BCUT2D eigenvalue weighted by atomic mass is 10.2. The molecule has 5 nitrogen and oxygen atoms in total. The molecule has 1 fully saturated rings. The Morgan fingerprint density at radius 3 is 2.85 bits per heavy atom. The number of nitrogens with zero attached hydrogens (tertiary/aromatic N) is 3. The summed E-state index contributed by atoms with van der Waals surface area (Å²) in [6.07, 6.45) is 1.17. The predicted octanol–water partition coefficient (Wildman–Crippen LogP) is 1.95. The van der Waals surface area contributed by atoms with Crippen LogP contribution in [0, 0.1) is 0 Å². The molecule has 0 saturated carbocycles. The Kier molecular flexibility index (Phi) is 5.52. The van der Waals surface area contributed by atoms with Gasteiger partial charge in [0.25, 0.3) is 5.89 Å². The second-order valence-electron chi connectivity index (χ2n) is 4.76. The van der Waals surface area contributed by atoms with Crippen LogP contribution in [0.1, 0.15) is 12.2 Å². The summed E-state index contributed by atoms with van der Waals surface area (Å²) in [6.45, 7) is 5.01. The van der Waals surface area contributed by atoms with E-state index in [1.165, 1.54) is 6.42 Å². The first-order valence-corrected chi connectivity index (χ1v) is 6.73. The maximum Gasteiger partial charge on any atom is 0.257 e. The van der Waals surface area contributed by atoms with Crippen LogP contribution in [0.2, 0.25) is 0 Å². The smallest absolute Gasteiger partial charge is 0.257 e. The lowest BCUT2D eigenvalue weighted by Crippen LogP contribution is -2.28. The van der Waals surface area contributed by atoms with Gasteiger partial charge in [-0.2, -0.15) is 4.98 Å². The molecule has 3 rings (SSSR count). The minimum absolute atomic E-state index is 0. The van der Waals surface area contributed by atoms with Crippen LogP contribution < -0.4 is 5.32 Å². The van der Waals surface area contributed by atoms with E-state index in [9.17, 15) is 0 Å². The van der Waals surface area contributed by atoms with Crippen LogP contribution in [0.4, 0.5) is 0 Å². The van der Waals surface area contributed by atoms with Gasteiger partial charge < -0.3 is 9.84 Å². The van der Waals surface area contributed by atoms with Crippen LogP contribution in [0.5, 0.6) is 0 Å². The fraction of sp³-hybridized carbons (Fsp3) is 0.429. The van der Waals surface area contributed by atoms with Gasteiger partial charge in [-0.05, 0) is 31.6 Å². The van der Waals surface area contributed by atoms with E-state index in [1.807, 2.05) is 30.3 Å². The fourth-order valence-corrected chi connectivity index (χ4v) is 2.28. The number of halogens is 1. The second-order valence-corrected chi connectivity index (χ2v) is 4.76. The first-order chi connectivity index (χ1) is 9.42. The average molecular weight is 295 g/mol. The van der Waals surface area contributed by atoms with Gasteiger partial charge in [-0.3, -0.25) is 4.90 Å². The van der Waals surface area contributed by atoms with Crippen molar-refractivity contribution in [2.45, 2.75) is 13.0 Å². The molecule has 20 heavy (non-hydrogen) atoms.